The first-order valence-corrected chi connectivity index (χ1v) is 10.4. The van der Waals surface area contributed by atoms with Gasteiger partial charge in [0.25, 0.3) is 5.91 Å². The summed E-state index contributed by atoms with van der Waals surface area (Å²) in [4.78, 5) is 13.9. The summed E-state index contributed by atoms with van der Waals surface area (Å²) in [5.74, 6) is -0.172. The molecule has 1 atom stereocenters. The van der Waals surface area contributed by atoms with Gasteiger partial charge in [0.1, 0.15) is 0 Å². The number of carbonyl (C=O) groups is 1. The molecule has 0 saturated carbocycles. The topological polar surface area (TPSA) is 75.3 Å². The highest BCUT2D eigenvalue weighted by molar-refractivity contribution is 7.88. The molecule has 0 aliphatic carbocycles. The average molecular weight is 387 g/mol. The summed E-state index contributed by atoms with van der Waals surface area (Å²) in [5, 5.41) is 3.54. The molecule has 8 heteroatoms. The Morgan fingerprint density at radius 1 is 1.25 bits per heavy atom. The van der Waals surface area contributed by atoms with E-state index in [4.69, 9.17) is 11.6 Å². The van der Waals surface area contributed by atoms with E-state index in [1.165, 1.54) is 11.3 Å². The number of benzene rings is 1. The summed E-state index contributed by atoms with van der Waals surface area (Å²) in [6.07, 6.45) is 1.67. The molecule has 0 bridgehead atoms. The minimum atomic E-state index is -3.19. The second kappa shape index (κ2) is 8.11. The summed E-state index contributed by atoms with van der Waals surface area (Å²) in [6.45, 7) is 2.19. The Morgan fingerprint density at radius 2 is 1.96 bits per heavy atom. The molecule has 0 aliphatic rings. The summed E-state index contributed by atoms with van der Waals surface area (Å²) in [7, 11) is -3.19. The van der Waals surface area contributed by atoms with Gasteiger partial charge in [0.2, 0.25) is 10.0 Å². The van der Waals surface area contributed by atoms with E-state index in [9.17, 15) is 13.2 Å². The molecule has 0 saturated heterocycles. The van der Waals surface area contributed by atoms with E-state index in [2.05, 4.69) is 10.0 Å². The first kappa shape index (κ1) is 18.9. The zero-order valence-corrected chi connectivity index (χ0v) is 15.8. The van der Waals surface area contributed by atoms with E-state index in [1.807, 2.05) is 31.2 Å². The molecule has 0 radical (unpaired) electrons. The predicted molar refractivity (Wildman–Crippen MR) is 98.2 cm³/mol. The van der Waals surface area contributed by atoms with Crippen LogP contribution in [0.4, 0.5) is 0 Å². The van der Waals surface area contributed by atoms with Crippen LogP contribution in [0, 0.1) is 0 Å². The van der Waals surface area contributed by atoms with Crippen LogP contribution < -0.4 is 10.0 Å². The summed E-state index contributed by atoms with van der Waals surface area (Å²) in [5.41, 5.74) is 0.863. The molecule has 1 unspecified atom stereocenters. The molecule has 1 aromatic carbocycles. The van der Waals surface area contributed by atoms with Crippen LogP contribution in [0.1, 0.15) is 33.1 Å². The van der Waals surface area contributed by atoms with Crippen molar-refractivity contribution >= 4 is 38.9 Å². The fourth-order valence-electron chi connectivity index (χ4n) is 2.17. The van der Waals surface area contributed by atoms with E-state index in [-0.39, 0.29) is 11.9 Å². The minimum Gasteiger partial charge on any atom is -0.345 e. The molecule has 1 heterocycles. The number of thiophene rings is 1. The predicted octanol–water partition coefficient (Wildman–Crippen LogP) is 2.98. The van der Waals surface area contributed by atoms with Gasteiger partial charge in [0.05, 0.1) is 17.2 Å². The number of sulfonamides is 1. The van der Waals surface area contributed by atoms with Crippen molar-refractivity contribution in [2.45, 2.75) is 19.4 Å². The summed E-state index contributed by atoms with van der Waals surface area (Å²) >= 11 is 7.50. The molecule has 5 nitrogen and oxygen atoms in total. The molecule has 130 valence electrons. The monoisotopic (exact) mass is 386 g/mol. The third-order valence-electron chi connectivity index (χ3n) is 3.34. The van der Waals surface area contributed by atoms with Gasteiger partial charge in [-0.15, -0.1) is 11.3 Å². The van der Waals surface area contributed by atoms with Crippen LogP contribution in [0.15, 0.2) is 36.4 Å². The molecule has 0 aliphatic heterocycles. The zero-order valence-electron chi connectivity index (χ0n) is 13.4. The fourth-order valence-corrected chi connectivity index (χ4v) is 3.85. The van der Waals surface area contributed by atoms with Crippen molar-refractivity contribution in [1.82, 2.24) is 10.0 Å². The van der Waals surface area contributed by atoms with E-state index in [0.717, 1.165) is 16.7 Å². The van der Waals surface area contributed by atoms with Gasteiger partial charge in [0, 0.05) is 16.4 Å². The molecule has 1 aromatic heterocycles. The highest BCUT2D eigenvalue weighted by Gasteiger charge is 2.15. The Hall–Kier alpha value is -1.41. The lowest BCUT2D eigenvalue weighted by Gasteiger charge is -2.15. The minimum absolute atomic E-state index is 0.172. The Morgan fingerprint density at radius 3 is 2.62 bits per heavy atom. The lowest BCUT2D eigenvalue weighted by molar-refractivity contribution is 0.0944. The highest BCUT2D eigenvalue weighted by Crippen LogP contribution is 2.23. The Bertz CT molecular complexity index is 818. The molecule has 2 aromatic rings. The van der Waals surface area contributed by atoms with Gasteiger partial charge >= 0.3 is 0 Å². The first-order valence-electron chi connectivity index (χ1n) is 7.35. The number of rotatable bonds is 7. The van der Waals surface area contributed by atoms with E-state index >= 15 is 0 Å². The molecule has 24 heavy (non-hydrogen) atoms. The second-order valence-corrected chi connectivity index (χ2v) is 8.81. The van der Waals surface area contributed by atoms with Crippen LogP contribution in [0.3, 0.4) is 0 Å². The molecule has 1 amide bonds. The van der Waals surface area contributed by atoms with Crippen molar-refractivity contribution < 1.29 is 13.2 Å². The molecule has 2 N–H and O–H groups in total. The number of carbonyl (C=O) groups excluding carboxylic acids is 1. The maximum absolute atomic E-state index is 12.3. The van der Waals surface area contributed by atoms with Gasteiger partial charge in [0.15, 0.2) is 0 Å². The Kier molecular flexibility index (Phi) is 6.40. The van der Waals surface area contributed by atoms with Gasteiger partial charge in [-0.2, -0.15) is 0 Å². The van der Waals surface area contributed by atoms with Crippen LogP contribution in [0.5, 0.6) is 0 Å². The average Bonchev–Trinajstić information content (AvgIpc) is 2.95. The van der Waals surface area contributed by atoms with Gasteiger partial charge in [-0.05, 0) is 37.1 Å². The summed E-state index contributed by atoms with van der Waals surface area (Å²) < 4.78 is 24.5. The normalized spacial score (nSPS) is 12.8. The lowest BCUT2D eigenvalue weighted by atomic mass is 10.1. The number of amides is 1. The molecule has 2 rings (SSSR count). The third-order valence-corrected chi connectivity index (χ3v) is 5.56. The maximum atomic E-state index is 12.3. The molecule has 0 fully saturated rings. The molecule has 0 spiro atoms. The van der Waals surface area contributed by atoms with E-state index < -0.39 is 10.0 Å². The van der Waals surface area contributed by atoms with Crippen LogP contribution in [-0.2, 0) is 16.4 Å². The van der Waals surface area contributed by atoms with Crippen molar-refractivity contribution in [1.29, 1.82) is 0 Å². The van der Waals surface area contributed by atoms with Gasteiger partial charge in [-0.1, -0.05) is 29.8 Å². The fraction of sp³-hybridized carbons (Fsp3) is 0.312. The van der Waals surface area contributed by atoms with Crippen molar-refractivity contribution in [3.8, 4) is 0 Å². The summed E-state index contributed by atoms with van der Waals surface area (Å²) in [6, 6.07) is 10.8. The third kappa shape index (κ3) is 5.59. The van der Waals surface area contributed by atoms with E-state index in [1.54, 1.807) is 12.1 Å². The highest BCUT2D eigenvalue weighted by atomic mass is 35.5. The van der Waals surface area contributed by atoms with E-state index in [0.29, 0.717) is 22.9 Å². The van der Waals surface area contributed by atoms with Gasteiger partial charge in [-0.25, -0.2) is 13.1 Å². The van der Waals surface area contributed by atoms with Crippen LogP contribution >= 0.6 is 22.9 Å². The number of halogens is 1. The van der Waals surface area contributed by atoms with Crippen LogP contribution in [0.25, 0.3) is 0 Å². The van der Waals surface area contributed by atoms with Crippen LogP contribution in [-0.4, -0.2) is 27.1 Å². The number of hydrogen-bond acceptors (Lipinski definition) is 4. The smallest absolute Gasteiger partial charge is 0.261 e. The Balaban J connectivity index is 1.95. The van der Waals surface area contributed by atoms with Gasteiger partial charge in [-0.3, -0.25) is 4.79 Å². The lowest BCUT2D eigenvalue weighted by Crippen LogP contribution is -2.26. The largest absolute Gasteiger partial charge is 0.345 e. The second-order valence-electron chi connectivity index (χ2n) is 5.40. The molecular weight excluding hydrogens is 368 g/mol. The number of hydrogen-bond donors (Lipinski definition) is 2. The van der Waals surface area contributed by atoms with Crippen molar-refractivity contribution in [3.63, 3.8) is 0 Å². The van der Waals surface area contributed by atoms with Gasteiger partial charge < -0.3 is 5.32 Å². The van der Waals surface area contributed by atoms with Crippen molar-refractivity contribution in [2.24, 2.45) is 0 Å². The quantitative estimate of drug-likeness (QED) is 0.768. The SMILES string of the molecule is CC(NC(=O)c1ccc(CCNS(C)(=O)=O)s1)c1ccccc1Cl. The van der Waals surface area contributed by atoms with Crippen molar-refractivity contribution in [3.05, 3.63) is 56.7 Å². The van der Waals surface area contributed by atoms with Crippen molar-refractivity contribution in [2.75, 3.05) is 12.8 Å². The maximum Gasteiger partial charge on any atom is 0.261 e. The molecular formula is C16H19ClN2O3S2. The Labute approximate surface area is 151 Å². The number of nitrogens with one attached hydrogen (secondary N) is 2. The zero-order chi connectivity index (χ0) is 17.7. The van der Waals surface area contributed by atoms with Crippen LogP contribution in [0.2, 0.25) is 5.02 Å². The standard InChI is InChI=1S/C16H19ClN2O3S2/c1-11(13-5-3-4-6-14(13)17)19-16(20)15-8-7-12(23-15)9-10-18-24(2,21)22/h3-8,11,18H,9-10H2,1-2H3,(H,19,20). The first-order chi connectivity index (χ1) is 11.3.